The Morgan fingerprint density at radius 2 is 1.92 bits per heavy atom. The molecule has 1 aromatic carbocycles. The summed E-state index contributed by atoms with van der Waals surface area (Å²) in [6.45, 7) is 3.84. The van der Waals surface area contributed by atoms with Crippen molar-refractivity contribution in [1.29, 1.82) is 0 Å². The Labute approximate surface area is 142 Å². The summed E-state index contributed by atoms with van der Waals surface area (Å²) >= 11 is 0. The van der Waals surface area contributed by atoms with E-state index in [0.717, 1.165) is 23.0 Å². The zero-order valence-corrected chi connectivity index (χ0v) is 13.8. The number of aromatic nitrogens is 4. The Bertz CT molecular complexity index is 1000. The molecule has 3 N–H and O–H groups in total. The number of anilines is 1. The number of aryl methyl sites for hydroxylation is 1. The van der Waals surface area contributed by atoms with E-state index in [1.165, 1.54) is 0 Å². The molecule has 2 aromatic heterocycles. The van der Waals surface area contributed by atoms with Gasteiger partial charge in [0.25, 0.3) is 11.5 Å². The Morgan fingerprint density at radius 1 is 1.20 bits per heavy atom. The first kappa shape index (κ1) is 16.4. The van der Waals surface area contributed by atoms with Crippen LogP contribution >= 0.6 is 0 Å². The topological polar surface area (TPSA) is 113 Å². The lowest BCUT2D eigenvalue weighted by atomic mass is 10.2. The number of nitrogens with one attached hydrogen (secondary N) is 3. The maximum Gasteiger partial charge on any atom is 0.326 e. The van der Waals surface area contributed by atoms with Crippen molar-refractivity contribution in [2.45, 2.75) is 20.3 Å². The zero-order chi connectivity index (χ0) is 18.0. The van der Waals surface area contributed by atoms with Crippen molar-refractivity contribution in [2.75, 3.05) is 5.32 Å². The summed E-state index contributed by atoms with van der Waals surface area (Å²) in [4.78, 5) is 39.6. The highest BCUT2D eigenvalue weighted by Gasteiger charge is 2.18. The van der Waals surface area contributed by atoms with E-state index in [1.54, 1.807) is 4.68 Å². The molecule has 1 amide bonds. The van der Waals surface area contributed by atoms with Gasteiger partial charge in [-0.05, 0) is 25.5 Å². The summed E-state index contributed by atoms with van der Waals surface area (Å²) in [7, 11) is 0. The van der Waals surface area contributed by atoms with Gasteiger partial charge in [-0.15, -0.1) is 0 Å². The van der Waals surface area contributed by atoms with Gasteiger partial charge in [-0.1, -0.05) is 25.1 Å². The minimum atomic E-state index is -0.736. The van der Waals surface area contributed by atoms with Gasteiger partial charge in [0.15, 0.2) is 0 Å². The van der Waals surface area contributed by atoms with Crippen molar-refractivity contribution in [2.24, 2.45) is 0 Å². The molecule has 0 unspecified atom stereocenters. The molecule has 0 aliphatic rings. The predicted octanol–water partition coefficient (Wildman–Crippen LogP) is 1.37. The highest BCUT2D eigenvalue weighted by Crippen LogP contribution is 2.23. The maximum absolute atomic E-state index is 12.5. The maximum atomic E-state index is 12.5. The number of nitrogens with zero attached hydrogens (tertiary/aromatic N) is 2. The second-order valence-electron chi connectivity index (χ2n) is 5.48. The molecule has 3 rings (SSSR count). The van der Waals surface area contributed by atoms with Crippen LogP contribution in [0.4, 0.5) is 5.82 Å². The van der Waals surface area contributed by atoms with Crippen molar-refractivity contribution in [1.82, 2.24) is 19.7 Å². The molecule has 25 heavy (non-hydrogen) atoms. The molecule has 0 bridgehead atoms. The molecular formula is C17H17N5O3. The van der Waals surface area contributed by atoms with Gasteiger partial charge >= 0.3 is 5.69 Å². The molecule has 0 aliphatic heterocycles. The molecule has 0 saturated heterocycles. The lowest BCUT2D eigenvalue weighted by molar-refractivity contribution is 0.102. The summed E-state index contributed by atoms with van der Waals surface area (Å²) < 4.78 is 1.64. The van der Waals surface area contributed by atoms with Gasteiger partial charge in [0.1, 0.15) is 11.5 Å². The van der Waals surface area contributed by atoms with Gasteiger partial charge in [-0.2, -0.15) is 5.10 Å². The smallest absolute Gasteiger partial charge is 0.305 e. The number of rotatable bonds is 4. The number of H-pyrrole nitrogens is 2. The average molecular weight is 339 g/mol. The lowest BCUT2D eigenvalue weighted by Gasteiger charge is -2.10. The number of carbonyl (C=O) groups is 1. The molecule has 3 aromatic rings. The SMILES string of the molecule is CCc1nn(-c2ccccc2)c(NC(=O)c2cc(=O)[nH]c(=O)[nH]2)c1C. The molecule has 0 radical (unpaired) electrons. The highest BCUT2D eigenvalue weighted by atomic mass is 16.2. The first-order chi connectivity index (χ1) is 12.0. The fourth-order valence-corrected chi connectivity index (χ4v) is 2.55. The quantitative estimate of drug-likeness (QED) is 0.666. The third-order valence-corrected chi connectivity index (χ3v) is 3.79. The molecule has 0 aliphatic carbocycles. The van der Waals surface area contributed by atoms with Crippen LogP contribution in [0.25, 0.3) is 5.69 Å². The number of benzene rings is 1. The molecule has 128 valence electrons. The number of hydrogen-bond donors (Lipinski definition) is 3. The van der Waals surface area contributed by atoms with E-state index in [-0.39, 0.29) is 5.69 Å². The van der Waals surface area contributed by atoms with Crippen LogP contribution in [0.1, 0.15) is 28.7 Å². The van der Waals surface area contributed by atoms with Gasteiger partial charge < -0.3 is 10.3 Å². The highest BCUT2D eigenvalue weighted by molar-refractivity contribution is 6.02. The normalized spacial score (nSPS) is 10.6. The fourth-order valence-electron chi connectivity index (χ4n) is 2.55. The second kappa shape index (κ2) is 6.60. The molecule has 0 fully saturated rings. The number of hydrogen-bond acceptors (Lipinski definition) is 4. The third-order valence-electron chi connectivity index (χ3n) is 3.79. The van der Waals surface area contributed by atoms with E-state index >= 15 is 0 Å². The molecule has 2 heterocycles. The van der Waals surface area contributed by atoms with Gasteiger partial charge in [0.05, 0.1) is 11.4 Å². The number of para-hydroxylation sites is 1. The Hall–Kier alpha value is -3.42. The van der Waals surface area contributed by atoms with Crippen molar-refractivity contribution >= 4 is 11.7 Å². The summed E-state index contributed by atoms with van der Waals surface area (Å²) in [6, 6.07) is 10.4. The van der Waals surface area contributed by atoms with E-state index < -0.39 is 17.2 Å². The first-order valence-corrected chi connectivity index (χ1v) is 7.78. The van der Waals surface area contributed by atoms with Gasteiger partial charge in [-0.3, -0.25) is 14.6 Å². The van der Waals surface area contributed by atoms with E-state index in [0.29, 0.717) is 12.2 Å². The summed E-state index contributed by atoms with van der Waals surface area (Å²) in [6.07, 6.45) is 0.705. The van der Waals surface area contributed by atoms with Crippen molar-refractivity contribution in [3.05, 3.63) is 74.2 Å². The molecule has 0 saturated carbocycles. The van der Waals surface area contributed by atoms with Crippen LogP contribution in [0.3, 0.4) is 0 Å². The van der Waals surface area contributed by atoms with Gasteiger partial charge in [-0.25, -0.2) is 9.48 Å². The predicted molar refractivity (Wildman–Crippen MR) is 93.3 cm³/mol. The Morgan fingerprint density at radius 3 is 2.56 bits per heavy atom. The van der Waals surface area contributed by atoms with Crippen LogP contribution in [-0.4, -0.2) is 25.7 Å². The molecule has 0 atom stereocenters. The van der Waals surface area contributed by atoms with Crippen molar-refractivity contribution in [3.63, 3.8) is 0 Å². The summed E-state index contributed by atoms with van der Waals surface area (Å²) in [5.41, 5.74) is 0.967. The molecule has 0 spiro atoms. The van der Waals surface area contributed by atoms with Crippen LogP contribution in [0, 0.1) is 6.92 Å². The zero-order valence-electron chi connectivity index (χ0n) is 13.8. The van der Waals surface area contributed by atoms with E-state index in [9.17, 15) is 14.4 Å². The first-order valence-electron chi connectivity index (χ1n) is 7.78. The monoisotopic (exact) mass is 339 g/mol. The van der Waals surface area contributed by atoms with Gasteiger partial charge in [0.2, 0.25) is 0 Å². The van der Waals surface area contributed by atoms with Crippen LogP contribution in [-0.2, 0) is 6.42 Å². The fraction of sp³-hybridized carbons (Fsp3) is 0.176. The summed E-state index contributed by atoms with van der Waals surface area (Å²) in [5, 5.41) is 7.28. The van der Waals surface area contributed by atoms with Crippen LogP contribution in [0.2, 0.25) is 0 Å². The molecular weight excluding hydrogens is 322 g/mol. The number of carbonyl (C=O) groups excluding carboxylic acids is 1. The largest absolute Gasteiger partial charge is 0.326 e. The molecule has 8 nitrogen and oxygen atoms in total. The molecule has 8 heteroatoms. The lowest BCUT2D eigenvalue weighted by Crippen LogP contribution is -2.27. The standard InChI is InChI=1S/C17H17N5O3/c1-3-12-10(2)15(22(21-12)11-7-5-4-6-8-11)20-16(24)13-9-14(23)19-17(25)18-13/h4-9H,3H2,1-2H3,(H,20,24)(H2,18,19,23,25). The van der Waals surface area contributed by atoms with Gasteiger partial charge in [0, 0.05) is 11.6 Å². The Balaban J connectivity index is 2.04. The van der Waals surface area contributed by atoms with E-state index in [1.807, 2.05) is 49.2 Å². The van der Waals surface area contributed by atoms with E-state index in [4.69, 9.17) is 0 Å². The average Bonchev–Trinajstić information content (AvgIpc) is 2.91. The van der Waals surface area contributed by atoms with Crippen LogP contribution in [0.5, 0.6) is 0 Å². The number of amides is 1. The Kier molecular flexibility index (Phi) is 4.34. The van der Waals surface area contributed by atoms with Crippen LogP contribution in [0.15, 0.2) is 46.0 Å². The minimum Gasteiger partial charge on any atom is -0.305 e. The second-order valence-corrected chi connectivity index (χ2v) is 5.48. The number of aromatic amines is 2. The van der Waals surface area contributed by atoms with Crippen LogP contribution < -0.4 is 16.6 Å². The van der Waals surface area contributed by atoms with Crippen molar-refractivity contribution in [3.8, 4) is 5.69 Å². The van der Waals surface area contributed by atoms with Crippen molar-refractivity contribution < 1.29 is 4.79 Å². The summed E-state index contributed by atoms with van der Waals surface area (Å²) in [5.74, 6) is -0.0970. The minimum absolute atomic E-state index is 0.119. The van der Waals surface area contributed by atoms with E-state index in [2.05, 4.69) is 15.4 Å². The third kappa shape index (κ3) is 3.27.